The van der Waals surface area contributed by atoms with E-state index in [4.69, 9.17) is 4.74 Å². The average Bonchev–Trinajstić information content (AvgIpc) is 2.97. The van der Waals surface area contributed by atoms with Gasteiger partial charge in [0, 0.05) is 31.7 Å². The molecule has 0 bridgehead atoms. The smallest absolute Gasteiger partial charge is 0.358 e. The second-order valence-corrected chi connectivity index (χ2v) is 5.44. The number of rotatable bonds is 5. The number of aromatic nitrogens is 3. The number of para-hydroxylation sites is 1. The fourth-order valence-electron chi connectivity index (χ4n) is 2.27. The number of carbonyl (C=O) groups is 1. The molecule has 1 aromatic carbocycles. The van der Waals surface area contributed by atoms with Crippen molar-refractivity contribution in [2.24, 2.45) is 0 Å². The minimum atomic E-state index is -0.459. The lowest BCUT2D eigenvalue weighted by molar-refractivity contribution is 0.0500. The maximum absolute atomic E-state index is 11.9. The summed E-state index contributed by atoms with van der Waals surface area (Å²) in [6.07, 6.45) is 0.629. The van der Waals surface area contributed by atoms with Gasteiger partial charge in [-0.1, -0.05) is 18.2 Å². The lowest BCUT2D eigenvalue weighted by atomic mass is 10.2. The van der Waals surface area contributed by atoms with Gasteiger partial charge in [-0.2, -0.15) is 0 Å². The normalized spacial score (nSPS) is 10.7. The fraction of sp³-hybridized carbons (Fsp3) is 0.235. The molecule has 0 unspecified atom stereocenters. The molecule has 0 spiro atoms. The molecular formula is C17H18N4O2. The molecule has 23 heavy (non-hydrogen) atoms. The Bertz CT molecular complexity index is 776. The molecule has 0 saturated carbocycles. The van der Waals surface area contributed by atoms with Crippen molar-refractivity contribution in [3.05, 3.63) is 53.9 Å². The van der Waals surface area contributed by atoms with Gasteiger partial charge < -0.3 is 14.6 Å². The molecular weight excluding hydrogens is 292 g/mol. The van der Waals surface area contributed by atoms with Crippen LogP contribution in [0.5, 0.6) is 0 Å². The Morgan fingerprint density at radius 1 is 1.17 bits per heavy atom. The summed E-state index contributed by atoms with van der Waals surface area (Å²) in [6.45, 7) is 0.294. The first kappa shape index (κ1) is 15.0. The molecule has 0 amide bonds. The maximum atomic E-state index is 11.9. The van der Waals surface area contributed by atoms with Crippen LogP contribution in [-0.2, 0) is 11.2 Å². The molecule has 1 N–H and O–H groups in total. The van der Waals surface area contributed by atoms with Gasteiger partial charge >= 0.3 is 5.97 Å². The SMILES string of the molecule is CN(C)c1ccc(C(=O)OCCc2cc3ccccc3[nH]2)nn1. The maximum Gasteiger partial charge on any atom is 0.358 e. The molecule has 0 saturated heterocycles. The van der Waals surface area contributed by atoms with E-state index in [1.165, 1.54) is 0 Å². The van der Waals surface area contributed by atoms with E-state index in [-0.39, 0.29) is 5.69 Å². The van der Waals surface area contributed by atoms with Crippen LogP contribution in [0.15, 0.2) is 42.5 Å². The zero-order valence-electron chi connectivity index (χ0n) is 13.1. The highest BCUT2D eigenvalue weighted by molar-refractivity contribution is 5.87. The highest BCUT2D eigenvalue weighted by Gasteiger charge is 2.10. The summed E-state index contributed by atoms with van der Waals surface area (Å²) >= 11 is 0. The number of anilines is 1. The Kier molecular flexibility index (Phi) is 4.23. The van der Waals surface area contributed by atoms with E-state index < -0.39 is 5.97 Å². The third-order valence-electron chi connectivity index (χ3n) is 3.51. The van der Waals surface area contributed by atoms with E-state index in [1.807, 2.05) is 43.3 Å². The second-order valence-electron chi connectivity index (χ2n) is 5.44. The number of benzene rings is 1. The third-order valence-corrected chi connectivity index (χ3v) is 3.51. The van der Waals surface area contributed by atoms with Gasteiger partial charge in [-0.3, -0.25) is 0 Å². The first-order valence-corrected chi connectivity index (χ1v) is 7.38. The first-order valence-electron chi connectivity index (χ1n) is 7.38. The molecule has 3 rings (SSSR count). The van der Waals surface area contributed by atoms with Gasteiger partial charge in [0.2, 0.25) is 0 Å². The molecule has 0 fully saturated rings. The number of hydrogen-bond acceptors (Lipinski definition) is 5. The van der Waals surface area contributed by atoms with Crippen molar-refractivity contribution < 1.29 is 9.53 Å². The van der Waals surface area contributed by atoms with Crippen LogP contribution in [0.25, 0.3) is 10.9 Å². The Labute approximate surface area is 134 Å². The summed E-state index contributed by atoms with van der Waals surface area (Å²) < 4.78 is 5.25. The molecule has 6 nitrogen and oxygen atoms in total. The van der Waals surface area contributed by atoms with E-state index in [1.54, 1.807) is 12.1 Å². The van der Waals surface area contributed by atoms with Crippen LogP contribution in [0.4, 0.5) is 5.82 Å². The van der Waals surface area contributed by atoms with E-state index in [9.17, 15) is 4.79 Å². The van der Waals surface area contributed by atoms with Crippen molar-refractivity contribution in [1.82, 2.24) is 15.2 Å². The lowest BCUT2D eigenvalue weighted by Crippen LogP contribution is -2.14. The van der Waals surface area contributed by atoms with Gasteiger partial charge in [-0.05, 0) is 29.7 Å². The molecule has 3 aromatic rings. The van der Waals surface area contributed by atoms with Gasteiger partial charge in [-0.15, -0.1) is 10.2 Å². The number of esters is 1. The number of H-pyrrole nitrogens is 1. The van der Waals surface area contributed by atoms with Gasteiger partial charge in [-0.25, -0.2) is 4.79 Å². The molecule has 0 atom stereocenters. The Hall–Kier alpha value is -2.89. The van der Waals surface area contributed by atoms with E-state index in [2.05, 4.69) is 21.2 Å². The van der Waals surface area contributed by atoms with E-state index >= 15 is 0 Å². The zero-order chi connectivity index (χ0) is 16.2. The van der Waals surface area contributed by atoms with Gasteiger partial charge in [0.1, 0.15) is 0 Å². The molecule has 0 radical (unpaired) electrons. The number of nitrogens with zero attached hydrogens (tertiary/aromatic N) is 3. The Balaban J connectivity index is 1.56. The summed E-state index contributed by atoms with van der Waals surface area (Å²) in [4.78, 5) is 17.1. The number of fused-ring (bicyclic) bond motifs is 1. The van der Waals surface area contributed by atoms with Crippen LogP contribution in [0.1, 0.15) is 16.2 Å². The summed E-state index contributed by atoms with van der Waals surface area (Å²) in [6, 6.07) is 13.5. The average molecular weight is 310 g/mol. The van der Waals surface area contributed by atoms with Crippen LogP contribution in [0.3, 0.4) is 0 Å². The Morgan fingerprint density at radius 2 is 2.00 bits per heavy atom. The predicted molar refractivity (Wildman–Crippen MR) is 88.6 cm³/mol. The molecule has 6 heteroatoms. The molecule has 2 heterocycles. The largest absolute Gasteiger partial charge is 0.461 e. The van der Waals surface area contributed by atoms with Crippen LogP contribution >= 0.6 is 0 Å². The van der Waals surface area contributed by atoms with Crippen molar-refractivity contribution in [2.45, 2.75) is 6.42 Å². The standard InChI is InChI=1S/C17H18N4O2/c1-21(2)16-8-7-15(19-20-16)17(22)23-10-9-13-11-12-5-3-4-6-14(12)18-13/h3-8,11,18H,9-10H2,1-2H3. The molecule has 0 aliphatic rings. The quantitative estimate of drug-likeness (QED) is 0.733. The summed E-state index contributed by atoms with van der Waals surface area (Å²) in [5.41, 5.74) is 2.33. The fourth-order valence-corrected chi connectivity index (χ4v) is 2.27. The predicted octanol–water partition coefficient (Wildman–Crippen LogP) is 2.42. The summed E-state index contributed by atoms with van der Waals surface area (Å²) in [5, 5.41) is 9.00. The summed E-state index contributed by atoms with van der Waals surface area (Å²) in [7, 11) is 3.73. The molecule has 2 aromatic heterocycles. The molecule has 0 aliphatic heterocycles. The van der Waals surface area contributed by atoms with E-state index in [0.717, 1.165) is 16.6 Å². The monoisotopic (exact) mass is 310 g/mol. The van der Waals surface area contributed by atoms with Gasteiger partial charge in [0.25, 0.3) is 0 Å². The zero-order valence-corrected chi connectivity index (χ0v) is 13.1. The van der Waals surface area contributed by atoms with Crippen molar-refractivity contribution in [2.75, 3.05) is 25.6 Å². The number of aromatic amines is 1. The first-order chi connectivity index (χ1) is 11.1. The van der Waals surface area contributed by atoms with Crippen LogP contribution < -0.4 is 4.90 Å². The number of hydrogen-bond donors (Lipinski definition) is 1. The van der Waals surface area contributed by atoms with Gasteiger partial charge in [0.05, 0.1) is 6.61 Å². The number of nitrogens with one attached hydrogen (secondary N) is 1. The van der Waals surface area contributed by atoms with Crippen molar-refractivity contribution >= 4 is 22.7 Å². The molecule has 0 aliphatic carbocycles. The van der Waals surface area contributed by atoms with E-state index in [0.29, 0.717) is 18.8 Å². The minimum absolute atomic E-state index is 0.215. The number of ether oxygens (including phenoxy) is 1. The highest BCUT2D eigenvalue weighted by atomic mass is 16.5. The van der Waals surface area contributed by atoms with Crippen molar-refractivity contribution in [3.8, 4) is 0 Å². The number of carbonyl (C=O) groups excluding carboxylic acids is 1. The topological polar surface area (TPSA) is 71.1 Å². The van der Waals surface area contributed by atoms with Crippen LogP contribution in [0, 0.1) is 0 Å². The highest BCUT2D eigenvalue weighted by Crippen LogP contribution is 2.15. The van der Waals surface area contributed by atoms with Crippen LogP contribution in [-0.4, -0.2) is 41.9 Å². The summed E-state index contributed by atoms with van der Waals surface area (Å²) in [5.74, 6) is 0.235. The van der Waals surface area contributed by atoms with Crippen molar-refractivity contribution in [1.29, 1.82) is 0 Å². The molecule has 118 valence electrons. The third kappa shape index (κ3) is 3.48. The minimum Gasteiger partial charge on any atom is -0.461 e. The van der Waals surface area contributed by atoms with Gasteiger partial charge in [0.15, 0.2) is 11.5 Å². The van der Waals surface area contributed by atoms with Crippen LogP contribution in [0.2, 0.25) is 0 Å². The lowest BCUT2D eigenvalue weighted by Gasteiger charge is -2.09. The Morgan fingerprint density at radius 3 is 2.70 bits per heavy atom. The second kappa shape index (κ2) is 6.48. The van der Waals surface area contributed by atoms with Crippen molar-refractivity contribution in [3.63, 3.8) is 0 Å².